The van der Waals surface area contributed by atoms with E-state index in [0.717, 1.165) is 49.0 Å². The lowest BCUT2D eigenvalue weighted by Gasteiger charge is -2.29. The van der Waals surface area contributed by atoms with Gasteiger partial charge in [-0.1, -0.05) is 0 Å². The fourth-order valence-corrected chi connectivity index (χ4v) is 1.92. The van der Waals surface area contributed by atoms with Crippen molar-refractivity contribution in [3.8, 4) is 5.75 Å². The number of benzene rings is 1. The van der Waals surface area contributed by atoms with Gasteiger partial charge in [-0.3, -0.25) is 0 Å². The van der Waals surface area contributed by atoms with Crippen molar-refractivity contribution in [3.63, 3.8) is 0 Å². The summed E-state index contributed by atoms with van der Waals surface area (Å²) in [7, 11) is 1.65. The summed E-state index contributed by atoms with van der Waals surface area (Å²) >= 11 is 0. The van der Waals surface area contributed by atoms with Crippen LogP contribution in [0.4, 0.5) is 11.4 Å². The van der Waals surface area contributed by atoms with E-state index in [2.05, 4.69) is 11.0 Å². The van der Waals surface area contributed by atoms with Gasteiger partial charge in [0.2, 0.25) is 0 Å². The van der Waals surface area contributed by atoms with Crippen molar-refractivity contribution in [1.82, 2.24) is 0 Å². The normalized spacial score (nSPS) is 16.2. The molecule has 0 spiro atoms. The van der Waals surface area contributed by atoms with Gasteiger partial charge in [0.1, 0.15) is 5.75 Å². The third-order valence-corrected chi connectivity index (χ3v) is 2.93. The van der Waals surface area contributed by atoms with Crippen molar-refractivity contribution in [3.05, 3.63) is 17.7 Å². The number of ether oxygens (including phenoxy) is 2. The zero-order valence-electron chi connectivity index (χ0n) is 9.82. The molecule has 1 saturated heterocycles. The van der Waals surface area contributed by atoms with Gasteiger partial charge in [-0.05, 0) is 18.6 Å². The Hall–Kier alpha value is -1.42. The monoisotopic (exact) mass is 222 g/mol. The second-order valence-corrected chi connectivity index (χ2v) is 3.98. The van der Waals surface area contributed by atoms with Gasteiger partial charge in [0.05, 0.1) is 26.0 Å². The van der Waals surface area contributed by atoms with Crippen LogP contribution in [0.25, 0.3) is 0 Å². The standard InChI is InChI=1S/C12H18N2O2/c1-9-7-10(8-11(15-2)12(9)13)14-3-5-16-6-4-14/h7-8H,3-6,13H2,1-2H3. The number of hydrogen-bond acceptors (Lipinski definition) is 4. The van der Waals surface area contributed by atoms with Crippen LogP contribution in [0.1, 0.15) is 5.56 Å². The van der Waals surface area contributed by atoms with Gasteiger partial charge in [-0.25, -0.2) is 0 Å². The number of rotatable bonds is 2. The summed E-state index contributed by atoms with van der Waals surface area (Å²) in [5.74, 6) is 0.751. The predicted octanol–water partition coefficient (Wildman–Crippen LogP) is 1.42. The maximum Gasteiger partial charge on any atom is 0.144 e. The quantitative estimate of drug-likeness (QED) is 0.769. The second kappa shape index (κ2) is 4.61. The van der Waals surface area contributed by atoms with Crippen molar-refractivity contribution in [1.29, 1.82) is 0 Å². The molecule has 0 radical (unpaired) electrons. The van der Waals surface area contributed by atoms with Crippen LogP contribution in [0.3, 0.4) is 0 Å². The highest BCUT2D eigenvalue weighted by Gasteiger charge is 2.14. The highest BCUT2D eigenvalue weighted by Crippen LogP contribution is 2.31. The molecule has 4 nitrogen and oxygen atoms in total. The van der Waals surface area contributed by atoms with Crippen LogP contribution in [-0.2, 0) is 4.74 Å². The van der Waals surface area contributed by atoms with E-state index in [9.17, 15) is 0 Å². The first-order valence-electron chi connectivity index (χ1n) is 5.49. The minimum absolute atomic E-state index is 0.722. The third-order valence-electron chi connectivity index (χ3n) is 2.93. The van der Waals surface area contributed by atoms with E-state index in [1.807, 2.05) is 13.0 Å². The van der Waals surface area contributed by atoms with E-state index < -0.39 is 0 Å². The first kappa shape index (κ1) is 11.1. The van der Waals surface area contributed by atoms with Gasteiger partial charge in [-0.2, -0.15) is 0 Å². The largest absolute Gasteiger partial charge is 0.495 e. The van der Waals surface area contributed by atoms with Crippen molar-refractivity contribution in [2.24, 2.45) is 0 Å². The summed E-state index contributed by atoms with van der Waals surface area (Å²) in [6, 6.07) is 4.09. The second-order valence-electron chi connectivity index (χ2n) is 3.98. The molecule has 0 aromatic heterocycles. The number of nitrogens with zero attached hydrogens (tertiary/aromatic N) is 1. The molecule has 0 saturated carbocycles. The van der Waals surface area contributed by atoms with Crippen molar-refractivity contribution >= 4 is 11.4 Å². The molecule has 0 amide bonds. The van der Waals surface area contributed by atoms with Crippen LogP contribution >= 0.6 is 0 Å². The van der Waals surface area contributed by atoms with Gasteiger partial charge < -0.3 is 20.1 Å². The molecule has 88 valence electrons. The molecule has 0 bridgehead atoms. The first-order chi connectivity index (χ1) is 7.72. The lowest BCUT2D eigenvalue weighted by molar-refractivity contribution is 0.122. The highest BCUT2D eigenvalue weighted by atomic mass is 16.5. The van der Waals surface area contributed by atoms with Gasteiger partial charge in [0.25, 0.3) is 0 Å². The van der Waals surface area contributed by atoms with E-state index in [1.165, 1.54) is 0 Å². The molecule has 16 heavy (non-hydrogen) atoms. The first-order valence-corrected chi connectivity index (χ1v) is 5.49. The molecule has 0 aliphatic carbocycles. The molecule has 1 aromatic carbocycles. The number of anilines is 2. The summed E-state index contributed by atoms with van der Waals surface area (Å²) in [6.07, 6.45) is 0. The van der Waals surface area contributed by atoms with Gasteiger partial charge in [-0.15, -0.1) is 0 Å². The van der Waals surface area contributed by atoms with E-state index >= 15 is 0 Å². The van der Waals surface area contributed by atoms with E-state index in [0.29, 0.717) is 0 Å². The fraction of sp³-hybridized carbons (Fsp3) is 0.500. The summed E-state index contributed by atoms with van der Waals surface area (Å²) in [5.41, 5.74) is 8.86. The molecule has 0 atom stereocenters. The van der Waals surface area contributed by atoms with E-state index in [-0.39, 0.29) is 0 Å². The molecule has 1 aromatic rings. The molecule has 2 rings (SSSR count). The molecule has 2 N–H and O–H groups in total. The van der Waals surface area contributed by atoms with E-state index in [4.69, 9.17) is 15.2 Å². The number of morpholine rings is 1. The Morgan fingerprint density at radius 3 is 2.62 bits per heavy atom. The van der Waals surface area contributed by atoms with Crippen LogP contribution in [0, 0.1) is 6.92 Å². The Kier molecular flexibility index (Phi) is 3.19. The summed E-state index contributed by atoms with van der Waals surface area (Å²) < 4.78 is 10.6. The highest BCUT2D eigenvalue weighted by molar-refractivity contribution is 5.66. The number of aryl methyl sites for hydroxylation is 1. The minimum Gasteiger partial charge on any atom is -0.495 e. The topological polar surface area (TPSA) is 47.7 Å². The number of nitrogens with two attached hydrogens (primary N) is 1. The zero-order valence-corrected chi connectivity index (χ0v) is 9.82. The van der Waals surface area contributed by atoms with Gasteiger partial charge in [0, 0.05) is 24.8 Å². The Labute approximate surface area is 95.9 Å². The Bertz CT molecular complexity index is 374. The fourth-order valence-electron chi connectivity index (χ4n) is 1.92. The SMILES string of the molecule is COc1cc(N2CCOCC2)cc(C)c1N. The Morgan fingerprint density at radius 2 is 2.00 bits per heavy atom. The summed E-state index contributed by atoms with van der Waals surface area (Å²) in [4.78, 5) is 2.29. The third kappa shape index (κ3) is 2.07. The average molecular weight is 222 g/mol. The molecular weight excluding hydrogens is 204 g/mol. The molecule has 1 fully saturated rings. The van der Waals surface area contributed by atoms with Gasteiger partial charge >= 0.3 is 0 Å². The summed E-state index contributed by atoms with van der Waals surface area (Å²) in [6.45, 7) is 5.41. The van der Waals surface area contributed by atoms with Crippen molar-refractivity contribution in [2.75, 3.05) is 44.0 Å². The minimum atomic E-state index is 0.722. The number of nitrogen functional groups attached to an aromatic ring is 1. The lowest BCUT2D eigenvalue weighted by atomic mass is 10.1. The molecule has 4 heteroatoms. The smallest absolute Gasteiger partial charge is 0.144 e. The Balaban J connectivity index is 2.29. The molecule has 1 aliphatic heterocycles. The maximum atomic E-state index is 5.92. The zero-order chi connectivity index (χ0) is 11.5. The lowest BCUT2D eigenvalue weighted by Crippen LogP contribution is -2.36. The predicted molar refractivity (Wildman–Crippen MR) is 65.2 cm³/mol. The van der Waals surface area contributed by atoms with Gasteiger partial charge in [0.15, 0.2) is 0 Å². The van der Waals surface area contributed by atoms with Crippen molar-refractivity contribution < 1.29 is 9.47 Å². The van der Waals surface area contributed by atoms with Crippen LogP contribution in [0.5, 0.6) is 5.75 Å². The van der Waals surface area contributed by atoms with E-state index in [1.54, 1.807) is 7.11 Å². The van der Waals surface area contributed by atoms with Crippen LogP contribution in [0.15, 0.2) is 12.1 Å². The maximum absolute atomic E-state index is 5.92. The van der Waals surface area contributed by atoms with Crippen molar-refractivity contribution in [2.45, 2.75) is 6.92 Å². The summed E-state index contributed by atoms with van der Waals surface area (Å²) in [5, 5.41) is 0. The molecule has 0 unspecified atom stereocenters. The van der Waals surface area contributed by atoms with Crippen LogP contribution < -0.4 is 15.4 Å². The van der Waals surface area contributed by atoms with Crippen LogP contribution in [-0.4, -0.2) is 33.4 Å². The van der Waals surface area contributed by atoms with Crippen LogP contribution in [0.2, 0.25) is 0 Å². The number of hydrogen-bond donors (Lipinski definition) is 1. The molecule has 1 aliphatic rings. The molecule has 1 heterocycles. The molecular formula is C12H18N2O2. The number of methoxy groups -OCH3 is 1. The Morgan fingerprint density at radius 1 is 1.31 bits per heavy atom. The average Bonchev–Trinajstić information content (AvgIpc) is 2.33.